The van der Waals surface area contributed by atoms with E-state index >= 15 is 0 Å². The molecule has 0 aliphatic carbocycles. The lowest BCUT2D eigenvalue weighted by Crippen LogP contribution is -2.34. The van der Waals surface area contributed by atoms with Gasteiger partial charge in [-0.15, -0.1) is 0 Å². The molecule has 0 aromatic heterocycles. The third-order valence-corrected chi connectivity index (χ3v) is 2.68. The van der Waals surface area contributed by atoms with E-state index in [1.165, 1.54) is 4.90 Å². The van der Waals surface area contributed by atoms with Gasteiger partial charge in [0.2, 0.25) is 0 Å². The van der Waals surface area contributed by atoms with Crippen molar-refractivity contribution in [1.82, 2.24) is 10.2 Å². The third kappa shape index (κ3) is 8.72. The molecule has 102 valence electrons. The second-order valence-electron chi connectivity index (χ2n) is 4.91. The van der Waals surface area contributed by atoms with Gasteiger partial charge in [0.15, 0.2) is 0 Å². The fourth-order valence-electron chi connectivity index (χ4n) is 1.42. The molecule has 0 aliphatic heterocycles. The van der Waals surface area contributed by atoms with E-state index in [9.17, 15) is 9.59 Å². The Hall–Kier alpha value is -1.06. The van der Waals surface area contributed by atoms with E-state index in [1.54, 1.807) is 14.1 Å². The summed E-state index contributed by atoms with van der Waals surface area (Å²) in [6.07, 6.45) is 4.78. The number of urea groups is 1. The van der Waals surface area contributed by atoms with Crippen LogP contribution in [0.5, 0.6) is 0 Å². The maximum atomic E-state index is 11.3. The number of rotatable bonds is 8. The first-order valence-corrected chi connectivity index (χ1v) is 6.43. The van der Waals surface area contributed by atoms with Gasteiger partial charge >= 0.3 is 6.03 Å². The highest BCUT2D eigenvalue weighted by atomic mass is 16.2. The van der Waals surface area contributed by atoms with Crippen LogP contribution in [0.1, 0.15) is 47.4 Å². The molecule has 0 rings (SSSR count). The molecular formula is C13H28N2O2. The molecule has 0 unspecified atom stereocenters. The molecule has 4 heteroatoms. The summed E-state index contributed by atoms with van der Waals surface area (Å²) >= 11 is 0. The van der Waals surface area contributed by atoms with Crippen molar-refractivity contribution < 1.29 is 11.0 Å². The number of hydrogen-bond acceptors (Lipinski definition) is 2. The standard InChI is InChI=1S/C13H26N2O2.H2/c1-11(2)12(16)9-7-5-6-8-10-14-13(17)15(3)4;/h11H,5-10H2,1-4H3,(H,14,17);1H. The van der Waals surface area contributed by atoms with Crippen LogP contribution in [-0.4, -0.2) is 37.4 Å². The van der Waals surface area contributed by atoms with E-state index in [4.69, 9.17) is 0 Å². The van der Waals surface area contributed by atoms with Crippen molar-refractivity contribution in [1.29, 1.82) is 0 Å². The monoisotopic (exact) mass is 244 g/mol. The highest BCUT2D eigenvalue weighted by Gasteiger charge is 2.06. The summed E-state index contributed by atoms with van der Waals surface area (Å²) in [5.74, 6) is 0.514. The van der Waals surface area contributed by atoms with Crippen LogP contribution in [-0.2, 0) is 4.79 Å². The van der Waals surface area contributed by atoms with Gasteiger partial charge < -0.3 is 10.2 Å². The van der Waals surface area contributed by atoms with E-state index in [-0.39, 0.29) is 13.4 Å². The summed E-state index contributed by atoms with van der Waals surface area (Å²) < 4.78 is 0. The molecule has 1 N–H and O–H groups in total. The van der Waals surface area contributed by atoms with Gasteiger partial charge in [0.1, 0.15) is 5.78 Å². The zero-order valence-corrected chi connectivity index (χ0v) is 11.6. The van der Waals surface area contributed by atoms with Crippen molar-refractivity contribution in [2.24, 2.45) is 5.92 Å². The fourth-order valence-corrected chi connectivity index (χ4v) is 1.42. The minimum absolute atomic E-state index is 0. The van der Waals surface area contributed by atoms with Crippen molar-refractivity contribution >= 4 is 11.8 Å². The van der Waals surface area contributed by atoms with E-state index in [1.807, 2.05) is 13.8 Å². The number of Topliss-reactive ketones (excluding diaryl/α,β-unsaturated/α-hetero) is 1. The molecule has 0 atom stereocenters. The molecular weight excluding hydrogens is 216 g/mol. The minimum atomic E-state index is -0.0417. The SMILES string of the molecule is CC(C)C(=O)CCCCCCNC(=O)N(C)C.[HH]. The second kappa shape index (κ2) is 9.02. The molecule has 0 aliphatic rings. The number of carbonyl (C=O) groups is 2. The first kappa shape index (κ1) is 15.9. The number of amides is 2. The Kier molecular flexibility index (Phi) is 8.46. The molecule has 0 heterocycles. The van der Waals surface area contributed by atoms with Crippen LogP contribution < -0.4 is 5.32 Å². The van der Waals surface area contributed by atoms with Crippen LogP contribution in [0.15, 0.2) is 0 Å². The quantitative estimate of drug-likeness (QED) is 0.667. The molecule has 2 amide bonds. The number of unbranched alkanes of at least 4 members (excludes halogenated alkanes) is 3. The van der Waals surface area contributed by atoms with Crippen molar-refractivity contribution in [2.45, 2.75) is 46.0 Å². The number of nitrogens with one attached hydrogen (secondary N) is 1. The Morgan fingerprint density at radius 3 is 2.24 bits per heavy atom. The molecule has 0 spiro atoms. The number of ketones is 1. The van der Waals surface area contributed by atoms with Gasteiger partial charge in [0, 0.05) is 34.4 Å². The van der Waals surface area contributed by atoms with E-state index in [2.05, 4.69) is 5.32 Å². The fraction of sp³-hybridized carbons (Fsp3) is 0.846. The minimum Gasteiger partial charge on any atom is -0.338 e. The maximum absolute atomic E-state index is 11.3. The van der Waals surface area contributed by atoms with Crippen LogP contribution in [0.2, 0.25) is 0 Å². The lowest BCUT2D eigenvalue weighted by Gasteiger charge is -2.11. The van der Waals surface area contributed by atoms with Crippen LogP contribution >= 0.6 is 0 Å². The van der Waals surface area contributed by atoms with Gasteiger partial charge in [-0.3, -0.25) is 4.79 Å². The molecule has 0 aromatic carbocycles. The van der Waals surface area contributed by atoms with Gasteiger partial charge in [0.05, 0.1) is 0 Å². The lowest BCUT2D eigenvalue weighted by atomic mass is 10.0. The summed E-state index contributed by atoms with van der Waals surface area (Å²) in [5, 5.41) is 2.82. The Bertz CT molecular complexity index is 219. The Morgan fingerprint density at radius 1 is 1.12 bits per heavy atom. The van der Waals surface area contributed by atoms with Crippen molar-refractivity contribution in [3.05, 3.63) is 0 Å². The van der Waals surface area contributed by atoms with Crippen LogP contribution in [0.3, 0.4) is 0 Å². The highest BCUT2D eigenvalue weighted by molar-refractivity contribution is 5.80. The lowest BCUT2D eigenvalue weighted by molar-refractivity contribution is -0.122. The maximum Gasteiger partial charge on any atom is 0.316 e. The molecule has 0 bridgehead atoms. The first-order chi connectivity index (χ1) is 7.95. The number of nitrogens with zero attached hydrogens (tertiary/aromatic N) is 1. The van der Waals surface area contributed by atoms with Crippen LogP contribution in [0.4, 0.5) is 4.79 Å². The van der Waals surface area contributed by atoms with Gasteiger partial charge in [-0.25, -0.2) is 4.79 Å². The largest absolute Gasteiger partial charge is 0.338 e. The van der Waals surface area contributed by atoms with Crippen LogP contribution in [0, 0.1) is 5.92 Å². The molecule has 0 fully saturated rings. The first-order valence-electron chi connectivity index (χ1n) is 6.43. The highest BCUT2D eigenvalue weighted by Crippen LogP contribution is 2.07. The normalized spacial score (nSPS) is 10.4. The summed E-state index contributed by atoms with van der Waals surface area (Å²) in [7, 11) is 3.46. The van der Waals surface area contributed by atoms with E-state index in [0.29, 0.717) is 12.2 Å². The van der Waals surface area contributed by atoms with Crippen LogP contribution in [0.25, 0.3) is 0 Å². The summed E-state index contributed by atoms with van der Waals surface area (Å²) in [6, 6.07) is -0.0417. The predicted octanol–water partition coefficient (Wildman–Crippen LogP) is 2.68. The smallest absolute Gasteiger partial charge is 0.316 e. The van der Waals surface area contributed by atoms with Crippen molar-refractivity contribution in [2.75, 3.05) is 20.6 Å². The zero-order chi connectivity index (χ0) is 13.3. The Morgan fingerprint density at radius 2 is 1.71 bits per heavy atom. The molecule has 4 nitrogen and oxygen atoms in total. The number of carbonyl (C=O) groups excluding carboxylic acids is 2. The van der Waals surface area contributed by atoms with Gasteiger partial charge in [0.25, 0.3) is 0 Å². The van der Waals surface area contributed by atoms with Gasteiger partial charge in [-0.05, 0) is 12.8 Å². The molecule has 0 saturated heterocycles. The second-order valence-corrected chi connectivity index (χ2v) is 4.91. The topological polar surface area (TPSA) is 49.4 Å². The predicted molar refractivity (Wildman–Crippen MR) is 72.1 cm³/mol. The average molecular weight is 244 g/mol. The van der Waals surface area contributed by atoms with Gasteiger partial charge in [-0.1, -0.05) is 26.7 Å². The third-order valence-electron chi connectivity index (χ3n) is 2.68. The summed E-state index contributed by atoms with van der Waals surface area (Å²) in [5.41, 5.74) is 0. The van der Waals surface area contributed by atoms with Crippen molar-refractivity contribution in [3.63, 3.8) is 0 Å². The Labute approximate surface area is 106 Å². The molecule has 17 heavy (non-hydrogen) atoms. The Balaban J connectivity index is 0. The molecule has 0 aromatic rings. The van der Waals surface area contributed by atoms with Crippen molar-refractivity contribution in [3.8, 4) is 0 Å². The number of hydrogen-bond donors (Lipinski definition) is 1. The van der Waals surface area contributed by atoms with Gasteiger partial charge in [-0.2, -0.15) is 0 Å². The zero-order valence-electron chi connectivity index (χ0n) is 11.6. The average Bonchev–Trinajstić information content (AvgIpc) is 2.26. The van der Waals surface area contributed by atoms with E-state index < -0.39 is 0 Å². The summed E-state index contributed by atoms with van der Waals surface area (Å²) in [4.78, 5) is 24.0. The van der Waals surface area contributed by atoms with E-state index in [0.717, 1.165) is 32.2 Å². The summed E-state index contributed by atoms with van der Waals surface area (Å²) in [6.45, 7) is 4.60. The molecule has 0 radical (unpaired) electrons. The molecule has 0 saturated carbocycles.